The molecule has 0 aromatic heterocycles. The van der Waals surface area contributed by atoms with E-state index in [4.69, 9.17) is 15.3 Å². The molecular weight excluding hydrogens is 209 g/mol. The van der Waals surface area contributed by atoms with Crippen molar-refractivity contribution in [2.45, 2.75) is 24.6 Å². The average molecular weight is 216 g/mol. The maximum atomic E-state index is 12.5. The van der Waals surface area contributed by atoms with Crippen LogP contribution in [0.25, 0.3) is 0 Å². The molecule has 5 nitrogen and oxygen atoms in total. The van der Waals surface area contributed by atoms with Gasteiger partial charge in [0.15, 0.2) is 0 Å². The second-order valence-electron chi connectivity index (χ2n) is 2.54. The zero-order chi connectivity index (χ0) is 11.5. The fourth-order valence-corrected chi connectivity index (χ4v) is 0.730. The third-order valence-corrected chi connectivity index (χ3v) is 1.47. The lowest BCUT2D eigenvalue weighted by atomic mass is 9.94. The molecular formula is C6H7F3O5. The molecule has 3 N–H and O–H groups in total. The van der Waals surface area contributed by atoms with Crippen molar-refractivity contribution < 1.29 is 38.1 Å². The van der Waals surface area contributed by atoms with Gasteiger partial charge in [0.1, 0.15) is 0 Å². The highest BCUT2D eigenvalue weighted by atomic mass is 19.3. The van der Waals surface area contributed by atoms with Crippen LogP contribution in [0.3, 0.4) is 0 Å². The number of aliphatic hydroxyl groups is 1. The van der Waals surface area contributed by atoms with Crippen molar-refractivity contribution >= 4 is 11.9 Å². The fraction of sp³-hybridized carbons (Fsp3) is 0.667. The van der Waals surface area contributed by atoms with Crippen LogP contribution in [0.4, 0.5) is 13.2 Å². The molecule has 8 heteroatoms. The van der Waals surface area contributed by atoms with Gasteiger partial charge in [0.2, 0.25) is 11.8 Å². The zero-order valence-corrected chi connectivity index (χ0v) is 6.65. The number of aliphatic carboxylic acids is 2. The van der Waals surface area contributed by atoms with Crippen molar-refractivity contribution in [3.8, 4) is 0 Å². The van der Waals surface area contributed by atoms with E-state index in [2.05, 4.69) is 0 Å². The standard InChI is InChI=1S/C6H7F3O5/c7-3(4(8)9)6(14,5(12)13)1-2(10)11/h3-4,14H,1H2,(H,10,11)(H,12,13). The Morgan fingerprint density at radius 2 is 1.64 bits per heavy atom. The normalized spacial score (nSPS) is 17.5. The molecule has 2 unspecified atom stereocenters. The number of carboxylic acids is 2. The Balaban J connectivity index is 4.89. The number of halogens is 3. The predicted octanol–water partition coefficient (Wildman–Crippen LogP) is -0.120. The molecule has 0 saturated carbocycles. The molecule has 0 bridgehead atoms. The van der Waals surface area contributed by atoms with Gasteiger partial charge in [-0.25, -0.2) is 18.0 Å². The summed E-state index contributed by atoms with van der Waals surface area (Å²) in [6.45, 7) is 0. The van der Waals surface area contributed by atoms with Crippen molar-refractivity contribution in [2.24, 2.45) is 0 Å². The van der Waals surface area contributed by atoms with Gasteiger partial charge in [-0.3, -0.25) is 4.79 Å². The summed E-state index contributed by atoms with van der Waals surface area (Å²) in [6.07, 6.45) is -8.85. The lowest BCUT2D eigenvalue weighted by molar-refractivity contribution is -0.181. The molecule has 0 saturated heterocycles. The van der Waals surface area contributed by atoms with Crippen molar-refractivity contribution in [3.05, 3.63) is 0 Å². The van der Waals surface area contributed by atoms with E-state index < -0.39 is 36.6 Å². The van der Waals surface area contributed by atoms with Crippen molar-refractivity contribution in [1.29, 1.82) is 0 Å². The highest BCUT2D eigenvalue weighted by molar-refractivity contribution is 5.84. The maximum absolute atomic E-state index is 12.5. The van der Waals surface area contributed by atoms with Crippen LogP contribution >= 0.6 is 0 Å². The summed E-state index contributed by atoms with van der Waals surface area (Å²) in [5.74, 6) is -4.23. The highest BCUT2D eigenvalue weighted by Crippen LogP contribution is 2.24. The molecule has 82 valence electrons. The molecule has 0 spiro atoms. The van der Waals surface area contributed by atoms with E-state index in [0.717, 1.165) is 0 Å². The van der Waals surface area contributed by atoms with Gasteiger partial charge in [-0.15, -0.1) is 0 Å². The van der Waals surface area contributed by atoms with Gasteiger partial charge < -0.3 is 15.3 Å². The average Bonchev–Trinajstić information content (AvgIpc) is 2.00. The van der Waals surface area contributed by atoms with E-state index in [0.29, 0.717) is 0 Å². The SMILES string of the molecule is O=C(O)CC(O)(C(=O)O)C(F)C(F)F. The smallest absolute Gasteiger partial charge is 0.339 e. The van der Waals surface area contributed by atoms with Gasteiger partial charge in [-0.05, 0) is 0 Å². The number of carbonyl (C=O) groups is 2. The summed E-state index contributed by atoms with van der Waals surface area (Å²) < 4.78 is 36.0. The summed E-state index contributed by atoms with van der Waals surface area (Å²) in [4.78, 5) is 20.2. The predicted molar refractivity (Wildman–Crippen MR) is 35.7 cm³/mol. The third kappa shape index (κ3) is 2.59. The highest BCUT2D eigenvalue weighted by Gasteiger charge is 2.51. The Labute approximate surface area is 75.8 Å². The van der Waals surface area contributed by atoms with Gasteiger partial charge in [0.05, 0.1) is 6.42 Å². The van der Waals surface area contributed by atoms with E-state index in [1.807, 2.05) is 0 Å². The topological polar surface area (TPSA) is 94.8 Å². The van der Waals surface area contributed by atoms with E-state index in [1.165, 1.54) is 0 Å². The number of carboxylic acid groups (broad SMARTS) is 2. The van der Waals surface area contributed by atoms with Crippen LogP contribution in [0.1, 0.15) is 6.42 Å². The Morgan fingerprint density at radius 3 is 1.86 bits per heavy atom. The van der Waals surface area contributed by atoms with Gasteiger partial charge >= 0.3 is 11.9 Å². The van der Waals surface area contributed by atoms with Gasteiger partial charge in [0, 0.05) is 0 Å². The Bertz CT molecular complexity index is 244. The van der Waals surface area contributed by atoms with Crippen LogP contribution in [0.15, 0.2) is 0 Å². The van der Waals surface area contributed by atoms with Crippen molar-refractivity contribution in [1.82, 2.24) is 0 Å². The monoisotopic (exact) mass is 216 g/mol. The van der Waals surface area contributed by atoms with Crippen molar-refractivity contribution in [3.63, 3.8) is 0 Å². The molecule has 0 fully saturated rings. The first-order valence-corrected chi connectivity index (χ1v) is 3.31. The molecule has 0 radical (unpaired) electrons. The van der Waals surface area contributed by atoms with Crippen LogP contribution in [0, 0.1) is 0 Å². The minimum absolute atomic E-state index is 1.63. The van der Waals surface area contributed by atoms with E-state index >= 15 is 0 Å². The van der Waals surface area contributed by atoms with Crippen LogP contribution in [0.2, 0.25) is 0 Å². The third-order valence-electron chi connectivity index (χ3n) is 1.47. The fourth-order valence-electron chi connectivity index (χ4n) is 0.730. The van der Waals surface area contributed by atoms with Crippen LogP contribution in [0.5, 0.6) is 0 Å². The first kappa shape index (κ1) is 12.7. The van der Waals surface area contributed by atoms with E-state index in [1.54, 1.807) is 0 Å². The number of hydrogen-bond donors (Lipinski definition) is 3. The first-order valence-electron chi connectivity index (χ1n) is 3.31. The summed E-state index contributed by atoms with van der Waals surface area (Å²) in [6, 6.07) is 0. The molecule has 0 rings (SSSR count). The molecule has 0 amide bonds. The van der Waals surface area contributed by atoms with E-state index in [9.17, 15) is 22.8 Å². The molecule has 14 heavy (non-hydrogen) atoms. The molecule has 0 heterocycles. The van der Waals surface area contributed by atoms with Gasteiger partial charge in [-0.1, -0.05) is 0 Å². The van der Waals surface area contributed by atoms with Gasteiger partial charge in [0.25, 0.3) is 6.43 Å². The second kappa shape index (κ2) is 4.27. The van der Waals surface area contributed by atoms with E-state index in [-0.39, 0.29) is 0 Å². The van der Waals surface area contributed by atoms with Crippen LogP contribution < -0.4 is 0 Å². The molecule has 0 aromatic rings. The molecule has 0 aromatic carbocycles. The van der Waals surface area contributed by atoms with Crippen LogP contribution in [-0.4, -0.2) is 45.5 Å². The first-order chi connectivity index (χ1) is 6.21. The molecule has 2 atom stereocenters. The summed E-state index contributed by atoms with van der Waals surface area (Å²) >= 11 is 0. The van der Waals surface area contributed by atoms with Crippen molar-refractivity contribution in [2.75, 3.05) is 0 Å². The number of rotatable bonds is 5. The summed E-state index contributed by atoms with van der Waals surface area (Å²) in [7, 11) is 0. The minimum atomic E-state index is -3.77. The Kier molecular flexibility index (Phi) is 3.87. The minimum Gasteiger partial charge on any atom is -0.481 e. The largest absolute Gasteiger partial charge is 0.481 e. The second-order valence-corrected chi connectivity index (χ2v) is 2.54. The molecule has 0 aliphatic heterocycles. The quantitative estimate of drug-likeness (QED) is 0.595. The Morgan fingerprint density at radius 1 is 1.21 bits per heavy atom. The lowest BCUT2D eigenvalue weighted by Gasteiger charge is -2.24. The summed E-state index contributed by atoms with van der Waals surface area (Å²) in [5.41, 5.74) is -3.60. The molecule has 0 aliphatic rings. The lowest BCUT2D eigenvalue weighted by Crippen LogP contribution is -2.52. The number of hydrogen-bond acceptors (Lipinski definition) is 3. The zero-order valence-electron chi connectivity index (χ0n) is 6.65. The number of alkyl halides is 3. The Hall–Kier alpha value is -1.31. The van der Waals surface area contributed by atoms with Crippen LogP contribution in [-0.2, 0) is 9.59 Å². The van der Waals surface area contributed by atoms with Gasteiger partial charge in [-0.2, -0.15) is 0 Å². The maximum Gasteiger partial charge on any atom is 0.339 e. The summed E-state index contributed by atoms with van der Waals surface area (Å²) in [5, 5.41) is 25.2. The molecule has 0 aliphatic carbocycles.